The predicted molar refractivity (Wildman–Crippen MR) is 336 cm³/mol. The Morgan fingerprint density at radius 2 is 0.440 bits per heavy atom. The second kappa shape index (κ2) is 26.2. The number of amides is 6. The molecule has 0 bridgehead atoms. The fraction of sp³-hybridized carbons (Fsp3) is 0. The number of hydrogen-bond donors (Lipinski definition) is 16. The third-order valence-corrected chi connectivity index (χ3v) is 21.9. The van der Waals surface area contributed by atoms with Crippen molar-refractivity contribution in [1.82, 2.24) is 0 Å². The van der Waals surface area contributed by atoms with E-state index >= 15 is 0 Å². The maximum atomic E-state index is 13.7. The molecule has 41 nitrogen and oxygen atoms in total. The van der Waals surface area contributed by atoms with Crippen molar-refractivity contribution in [2.75, 3.05) is 31.9 Å². The fourth-order valence-electron chi connectivity index (χ4n) is 9.12. The summed E-state index contributed by atoms with van der Waals surface area (Å²) in [5.41, 5.74) is -9.04. The van der Waals surface area contributed by atoms with E-state index in [9.17, 15) is 154 Å². The summed E-state index contributed by atoms with van der Waals surface area (Å²) in [6.07, 6.45) is 0. The van der Waals surface area contributed by atoms with Gasteiger partial charge in [-0.25, -0.2) is 4.79 Å². The summed E-state index contributed by atoms with van der Waals surface area (Å²) in [4.78, 5) is 54.6. The Balaban J connectivity index is 1.02. The van der Waals surface area contributed by atoms with Crippen molar-refractivity contribution in [3.63, 3.8) is 0 Å². The number of nitrogens with one attached hydrogen (secondary N) is 6. The van der Waals surface area contributed by atoms with Crippen LogP contribution in [0, 0.1) is 0 Å². The van der Waals surface area contributed by atoms with Crippen molar-refractivity contribution in [3.8, 4) is 0 Å². The number of rotatable bonds is 20. The standard InChI is InChI=1S/C49H36N6O35S10/c56-45(50-23-1-5-33(37(13-23)95(73,74)75)47(58)54-35-17-27(91(61,62)63)9-21-11-29(93(67,68)69)19-41(43(21)35)99(85,86)87)31-7-3-25(15-39(31)97(79,80)81)52-49(60)53-26-4-8-32(40(16-26)98(82,83)84)46(57)51-24-2-6-34(38(14-24)96(76,77)78)48(59)55-36-18-28(92(64,65)66)10-22-12-30(94(70,71)72)20-42(44(22)36)100(88,89)90/h1-20H,(H,50,56)(H,51,57)(H,54,58)(H,55,59)(H2,52,53,60)(H,61,62,63)(H,64,65,66)(H,67,68,69)(H,70,71,72)(H,73,74,75)(H,76,77,78)(H,79,80,81)(H,82,83,84)(H,85,86,87)(H,88,89,90). The lowest BCUT2D eigenvalue weighted by molar-refractivity contribution is 0.101. The average Bonchev–Trinajstić information content (AvgIpc) is 0.750. The van der Waals surface area contributed by atoms with E-state index in [1.165, 1.54) is 0 Å². The molecule has 532 valence electrons. The molecule has 0 aliphatic heterocycles. The van der Waals surface area contributed by atoms with Gasteiger partial charge in [0.25, 0.3) is 125 Å². The molecule has 8 aromatic carbocycles. The zero-order chi connectivity index (χ0) is 75.1. The molecular weight excluding hydrogens is 1550 g/mol. The minimum atomic E-state index is -5.65. The summed E-state index contributed by atoms with van der Waals surface area (Å²) in [5.74, 6) is -6.52. The van der Waals surface area contributed by atoms with Gasteiger partial charge in [0, 0.05) is 33.5 Å². The number of fused-ring (bicyclic) bond motifs is 2. The monoisotopic (exact) mass is 1590 g/mol. The molecule has 0 aromatic heterocycles. The van der Waals surface area contributed by atoms with Crippen LogP contribution in [0.4, 0.5) is 38.9 Å². The molecule has 0 saturated heterocycles. The van der Waals surface area contributed by atoms with Gasteiger partial charge < -0.3 is 31.9 Å². The molecule has 0 spiro atoms. The molecule has 8 aromatic rings. The molecule has 0 saturated carbocycles. The van der Waals surface area contributed by atoms with Crippen molar-refractivity contribution in [2.45, 2.75) is 49.0 Å². The highest BCUT2D eigenvalue weighted by atomic mass is 32.3. The van der Waals surface area contributed by atoms with Gasteiger partial charge in [0.2, 0.25) is 0 Å². The quantitative estimate of drug-likeness (QED) is 0.0487. The molecule has 0 fully saturated rings. The van der Waals surface area contributed by atoms with Crippen molar-refractivity contribution < 1.29 is 154 Å². The van der Waals surface area contributed by atoms with Gasteiger partial charge >= 0.3 is 6.03 Å². The number of benzene rings is 8. The van der Waals surface area contributed by atoms with E-state index in [4.69, 9.17) is 0 Å². The van der Waals surface area contributed by atoms with Gasteiger partial charge in [0.15, 0.2) is 0 Å². The van der Waals surface area contributed by atoms with Gasteiger partial charge in [-0.05, 0) is 132 Å². The summed E-state index contributed by atoms with van der Waals surface area (Å²) < 4.78 is 347. The first-order valence-electron chi connectivity index (χ1n) is 25.3. The fourth-order valence-corrected chi connectivity index (χ4v) is 15.8. The summed E-state index contributed by atoms with van der Waals surface area (Å²) >= 11 is 0. The van der Waals surface area contributed by atoms with E-state index < -0.39 is 258 Å². The van der Waals surface area contributed by atoms with Crippen molar-refractivity contribution in [2.24, 2.45) is 0 Å². The lowest BCUT2D eigenvalue weighted by atomic mass is 10.1. The summed E-state index contributed by atoms with van der Waals surface area (Å²) in [6, 6.07) is 8.12. The summed E-state index contributed by atoms with van der Waals surface area (Å²) in [6.45, 7) is 0. The topological polar surface area (TPSA) is 701 Å². The van der Waals surface area contributed by atoms with Crippen LogP contribution in [0.3, 0.4) is 0 Å². The lowest BCUT2D eigenvalue weighted by Crippen LogP contribution is -2.22. The van der Waals surface area contributed by atoms with Crippen LogP contribution in [-0.2, 0) is 101 Å². The first kappa shape index (κ1) is 76.3. The first-order chi connectivity index (χ1) is 45.4. The Morgan fingerprint density at radius 3 is 0.660 bits per heavy atom. The molecule has 6 amide bonds. The molecule has 0 heterocycles. The van der Waals surface area contributed by atoms with Crippen LogP contribution < -0.4 is 31.9 Å². The minimum Gasteiger partial charge on any atom is -0.322 e. The van der Waals surface area contributed by atoms with Crippen LogP contribution >= 0.6 is 0 Å². The molecule has 0 aliphatic carbocycles. The lowest BCUT2D eigenvalue weighted by Gasteiger charge is -2.16. The van der Waals surface area contributed by atoms with Crippen molar-refractivity contribution in [1.29, 1.82) is 0 Å². The minimum absolute atomic E-state index is 0.159. The molecule has 0 atom stereocenters. The Morgan fingerprint density at radius 1 is 0.230 bits per heavy atom. The second-order valence-electron chi connectivity index (χ2n) is 20.0. The number of urea groups is 1. The van der Waals surface area contributed by atoms with Gasteiger partial charge in [-0.15, -0.1) is 0 Å². The van der Waals surface area contributed by atoms with Crippen LogP contribution in [-0.4, -0.2) is 159 Å². The van der Waals surface area contributed by atoms with Crippen molar-refractivity contribution >= 4 is 187 Å². The van der Waals surface area contributed by atoms with E-state index in [2.05, 4.69) is 0 Å². The number of anilines is 6. The normalized spacial score (nSPS) is 12.9. The Kier molecular flexibility index (Phi) is 20.0. The molecule has 0 aliphatic rings. The van der Waals surface area contributed by atoms with Crippen LogP contribution in [0.25, 0.3) is 21.5 Å². The molecule has 100 heavy (non-hydrogen) atoms. The zero-order valence-corrected chi connectivity index (χ0v) is 56.0. The second-order valence-corrected chi connectivity index (χ2v) is 34.0. The predicted octanol–water partition coefficient (Wildman–Crippen LogP) is 3.11. The van der Waals surface area contributed by atoms with E-state index in [1.54, 1.807) is 0 Å². The number of carbonyl (C=O) groups excluding carboxylic acids is 5. The number of hydrogen-bond acceptors (Lipinski definition) is 25. The molecular formula is C49H36N6O35S10. The summed E-state index contributed by atoms with van der Waals surface area (Å²) in [7, 11) is -55.0. The van der Waals surface area contributed by atoms with Crippen LogP contribution in [0.1, 0.15) is 41.4 Å². The van der Waals surface area contributed by atoms with Gasteiger partial charge in [0.05, 0.1) is 53.2 Å². The highest BCUT2D eigenvalue weighted by Crippen LogP contribution is 2.39. The SMILES string of the molecule is O=C(Nc1ccc(C(=O)Nc2ccc(C(=O)Nc3cc(S(=O)(=O)O)cc4cc(S(=O)(=O)O)cc(S(=O)(=O)O)c34)c(S(=O)(=O)O)c2)c(S(=O)(=O)O)c1)Nc1ccc(C(=O)Nc2ccc(C(=O)Nc3cc(S(=O)(=O)O)cc4cc(S(=O)(=O)O)cc(S(=O)(=O)O)c34)c(S(=O)(=O)O)c2)c(S(=O)(=O)O)c1. The van der Waals surface area contributed by atoms with E-state index in [-0.39, 0.29) is 12.1 Å². The highest BCUT2D eigenvalue weighted by molar-refractivity contribution is 7.88. The third-order valence-electron chi connectivity index (χ3n) is 13.2. The average molecular weight is 1590 g/mol. The zero-order valence-electron chi connectivity index (χ0n) is 47.8. The molecule has 0 radical (unpaired) electrons. The number of carbonyl (C=O) groups is 5. The first-order valence-corrected chi connectivity index (χ1v) is 39.7. The third kappa shape index (κ3) is 17.2. The van der Waals surface area contributed by atoms with Crippen LogP contribution in [0.2, 0.25) is 0 Å². The van der Waals surface area contributed by atoms with E-state index in [0.29, 0.717) is 97.1 Å². The van der Waals surface area contributed by atoms with Gasteiger partial charge in [0.1, 0.15) is 29.4 Å². The molecule has 0 unspecified atom stereocenters. The smallest absolute Gasteiger partial charge is 0.322 e. The van der Waals surface area contributed by atoms with Crippen molar-refractivity contribution in [3.05, 3.63) is 144 Å². The molecule has 51 heteroatoms. The Bertz CT molecular complexity index is 5860. The largest absolute Gasteiger partial charge is 0.323 e. The Labute approximate surface area is 560 Å². The molecule has 16 N–H and O–H groups in total. The maximum Gasteiger partial charge on any atom is 0.323 e. The molecule has 8 rings (SSSR count). The van der Waals surface area contributed by atoms with Crippen LogP contribution in [0.5, 0.6) is 0 Å². The summed E-state index contributed by atoms with van der Waals surface area (Å²) in [5, 5.41) is 8.26. The van der Waals surface area contributed by atoms with Gasteiger partial charge in [-0.1, -0.05) is 0 Å². The van der Waals surface area contributed by atoms with E-state index in [1.807, 2.05) is 31.9 Å². The van der Waals surface area contributed by atoms with Crippen LogP contribution in [0.15, 0.2) is 170 Å². The maximum absolute atomic E-state index is 13.7. The van der Waals surface area contributed by atoms with Gasteiger partial charge in [-0.3, -0.25) is 64.7 Å². The van der Waals surface area contributed by atoms with E-state index in [0.717, 1.165) is 12.1 Å². The highest BCUT2D eigenvalue weighted by Gasteiger charge is 2.32. The van der Waals surface area contributed by atoms with Gasteiger partial charge in [-0.2, -0.15) is 84.2 Å². The Hall–Kier alpha value is -9.47.